The lowest BCUT2D eigenvalue weighted by molar-refractivity contribution is -0.140. The van der Waals surface area contributed by atoms with E-state index in [2.05, 4.69) is 16.6 Å². The SMILES string of the molecule is COC(=O)CCC(C)c1ccccn1. The number of pyridine rings is 1. The minimum Gasteiger partial charge on any atom is -0.469 e. The van der Waals surface area contributed by atoms with Gasteiger partial charge in [0.15, 0.2) is 0 Å². The molecule has 0 aromatic carbocycles. The quantitative estimate of drug-likeness (QED) is 0.688. The van der Waals surface area contributed by atoms with Crippen molar-refractivity contribution in [3.05, 3.63) is 30.1 Å². The smallest absolute Gasteiger partial charge is 0.305 e. The van der Waals surface area contributed by atoms with Gasteiger partial charge < -0.3 is 4.74 Å². The number of nitrogens with zero attached hydrogens (tertiary/aromatic N) is 1. The highest BCUT2D eigenvalue weighted by atomic mass is 16.5. The van der Waals surface area contributed by atoms with Gasteiger partial charge >= 0.3 is 5.97 Å². The standard InChI is InChI=1S/C11H15NO2/c1-9(6-7-11(13)14-2)10-5-3-4-8-12-10/h3-5,8-9H,6-7H2,1-2H3. The average Bonchev–Trinajstić information content (AvgIpc) is 2.26. The van der Waals surface area contributed by atoms with Crippen LogP contribution in [0.4, 0.5) is 0 Å². The molecule has 1 heterocycles. The van der Waals surface area contributed by atoms with E-state index in [0.717, 1.165) is 12.1 Å². The van der Waals surface area contributed by atoms with Gasteiger partial charge in [-0.1, -0.05) is 13.0 Å². The van der Waals surface area contributed by atoms with Crippen LogP contribution in [0.2, 0.25) is 0 Å². The summed E-state index contributed by atoms with van der Waals surface area (Å²) < 4.78 is 4.58. The van der Waals surface area contributed by atoms with Crippen molar-refractivity contribution >= 4 is 5.97 Å². The van der Waals surface area contributed by atoms with Crippen molar-refractivity contribution in [3.8, 4) is 0 Å². The second-order valence-corrected chi connectivity index (χ2v) is 3.27. The molecule has 3 heteroatoms. The maximum Gasteiger partial charge on any atom is 0.305 e. The minimum absolute atomic E-state index is 0.159. The molecule has 0 N–H and O–H groups in total. The van der Waals surface area contributed by atoms with Gasteiger partial charge in [-0.25, -0.2) is 0 Å². The van der Waals surface area contributed by atoms with Crippen molar-refractivity contribution in [2.45, 2.75) is 25.7 Å². The van der Waals surface area contributed by atoms with E-state index in [9.17, 15) is 4.79 Å². The molecule has 0 radical (unpaired) electrons. The van der Waals surface area contributed by atoms with Gasteiger partial charge in [-0.2, -0.15) is 0 Å². The highest BCUT2D eigenvalue weighted by molar-refractivity contribution is 5.69. The molecule has 0 saturated carbocycles. The van der Waals surface area contributed by atoms with Crippen LogP contribution in [0.15, 0.2) is 24.4 Å². The third kappa shape index (κ3) is 3.17. The van der Waals surface area contributed by atoms with E-state index in [1.807, 2.05) is 18.2 Å². The van der Waals surface area contributed by atoms with Gasteiger partial charge in [0.05, 0.1) is 7.11 Å². The number of esters is 1. The van der Waals surface area contributed by atoms with Crippen LogP contribution in [0.1, 0.15) is 31.4 Å². The molecule has 14 heavy (non-hydrogen) atoms. The van der Waals surface area contributed by atoms with Crippen LogP contribution in [0.5, 0.6) is 0 Å². The molecule has 1 atom stereocenters. The van der Waals surface area contributed by atoms with E-state index in [1.54, 1.807) is 6.20 Å². The Labute approximate surface area is 84.1 Å². The predicted molar refractivity (Wildman–Crippen MR) is 53.9 cm³/mol. The van der Waals surface area contributed by atoms with Crippen molar-refractivity contribution in [3.63, 3.8) is 0 Å². The van der Waals surface area contributed by atoms with Crippen LogP contribution >= 0.6 is 0 Å². The molecule has 1 aromatic heterocycles. The molecule has 0 aliphatic heterocycles. The molecule has 1 unspecified atom stereocenters. The minimum atomic E-state index is -0.159. The molecule has 76 valence electrons. The highest BCUT2D eigenvalue weighted by Crippen LogP contribution is 2.17. The molecule has 0 aliphatic carbocycles. The molecule has 0 saturated heterocycles. The first-order chi connectivity index (χ1) is 6.74. The fraction of sp³-hybridized carbons (Fsp3) is 0.455. The number of carbonyl (C=O) groups is 1. The number of rotatable bonds is 4. The van der Waals surface area contributed by atoms with E-state index in [-0.39, 0.29) is 5.97 Å². The maximum atomic E-state index is 10.9. The number of hydrogen-bond acceptors (Lipinski definition) is 3. The third-order valence-electron chi connectivity index (χ3n) is 2.20. The lowest BCUT2D eigenvalue weighted by Crippen LogP contribution is -2.04. The van der Waals surface area contributed by atoms with Crippen molar-refractivity contribution in [1.29, 1.82) is 0 Å². The van der Waals surface area contributed by atoms with Crippen LogP contribution in [0.25, 0.3) is 0 Å². The first kappa shape index (κ1) is 10.7. The molecule has 0 spiro atoms. The summed E-state index contributed by atoms with van der Waals surface area (Å²) in [6.45, 7) is 2.06. The summed E-state index contributed by atoms with van der Waals surface area (Å²) >= 11 is 0. The molecular formula is C11H15NO2. The normalized spacial score (nSPS) is 12.1. The first-order valence-electron chi connectivity index (χ1n) is 4.71. The van der Waals surface area contributed by atoms with Crippen LogP contribution in [0.3, 0.4) is 0 Å². The molecule has 0 bridgehead atoms. The average molecular weight is 193 g/mol. The van der Waals surface area contributed by atoms with Gasteiger partial charge in [0.2, 0.25) is 0 Å². The number of aromatic nitrogens is 1. The molecule has 0 amide bonds. The molecule has 3 nitrogen and oxygen atoms in total. The van der Waals surface area contributed by atoms with Gasteiger partial charge in [-0.05, 0) is 24.5 Å². The fourth-order valence-corrected chi connectivity index (χ4v) is 1.25. The van der Waals surface area contributed by atoms with Crippen molar-refractivity contribution in [2.75, 3.05) is 7.11 Å². The lowest BCUT2D eigenvalue weighted by atomic mass is 10.0. The summed E-state index contributed by atoms with van der Waals surface area (Å²) in [6.07, 6.45) is 3.00. The topological polar surface area (TPSA) is 39.2 Å². The summed E-state index contributed by atoms with van der Waals surface area (Å²) in [5.74, 6) is 0.142. The molecule has 0 fully saturated rings. The monoisotopic (exact) mass is 193 g/mol. The molecule has 0 aliphatic rings. The van der Waals surface area contributed by atoms with Crippen molar-refractivity contribution in [2.24, 2.45) is 0 Å². The summed E-state index contributed by atoms with van der Waals surface area (Å²) in [7, 11) is 1.41. The van der Waals surface area contributed by atoms with Crippen molar-refractivity contribution in [1.82, 2.24) is 4.98 Å². The summed E-state index contributed by atoms with van der Waals surface area (Å²) in [5, 5.41) is 0. The van der Waals surface area contributed by atoms with E-state index >= 15 is 0 Å². The fourth-order valence-electron chi connectivity index (χ4n) is 1.25. The summed E-state index contributed by atoms with van der Waals surface area (Å²) in [4.78, 5) is 15.1. The van der Waals surface area contributed by atoms with E-state index in [0.29, 0.717) is 12.3 Å². The van der Waals surface area contributed by atoms with Crippen LogP contribution < -0.4 is 0 Å². The zero-order valence-electron chi connectivity index (χ0n) is 8.56. The van der Waals surface area contributed by atoms with Crippen LogP contribution in [-0.4, -0.2) is 18.1 Å². The van der Waals surface area contributed by atoms with Gasteiger partial charge in [0, 0.05) is 18.3 Å². The third-order valence-corrected chi connectivity index (χ3v) is 2.20. The van der Waals surface area contributed by atoms with E-state index in [4.69, 9.17) is 0 Å². The Morgan fingerprint density at radius 1 is 1.57 bits per heavy atom. The Kier molecular flexibility index (Phi) is 4.11. The summed E-state index contributed by atoms with van der Waals surface area (Å²) in [5.41, 5.74) is 1.02. The Hall–Kier alpha value is -1.38. The van der Waals surface area contributed by atoms with Gasteiger partial charge in [-0.15, -0.1) is 0 Å². The maximum absolute atomic E-state index is 10.9. The Morgan fingerprint density at radius 3 is 2.93 bits per heavy atom. The Morgan fingerprint density at radius 2 is 2.36 bits per heavy atom. The number of carbonyl (C=O) groups excluding carboxylic acids is 1. The molecule has 1 aromatic rings. The van der Waals surface area contributed by atoms with Gasteiger partial charge in [0.25, 0.3) is 0 Å². The van der Waals surface area contributed by atoms with Crippen molar-refractivity contribution < 1.29 is 9.53 Å². The lowest BCUT2D eigenvalue weighted by Gasteiger charge is -2.08. The second-order valence-electron chi connectivity index (χ2n) is 3.27. The largest absolute Gasteiger partial charge is 0.469 e. The Bertz CT molecular complexity index is 285. The van der Waals surface area contributed by atoms with E-state index < -0.39 is 0 Å². The predicted octanol–water partition coefficient (Wildman–Crippen LogP) is 2.14. The molecular weight excluding hydrogens is 178 g/mol. The zero-order valence-corrected chi connectivity index (χ0v) is 8.56. The first-order valence-corrected chi connectivity index (χ1v) is 4.71. The second kappa shape index (κ2) is 5.37. The molecule has 1 rings (SSSR count). The van der Waals surface area contributed by atoms with E-state index in [1.165, 1.54) is 7.11 Å². The number of ether oxygens (including phenoxy) is 1. The van der Waals surface area contributed by atoms with Gasteiger partial charge in [0.1, 0.15) is 0 Å². The number of methoxy groups -OCH3 is 1. The Balaban J connectivity index is 2.43. The van der Waals surface area contributed by atoms with Crippen LogP contribution in [0, 0.1) is 0 Å². The summed E-state index contributed by atoms with van der Waals surface area (Å²) in [6, 6.07) is 5.81. The highest BCUT2D eigenvalue weighted by Gasteiger charge is 2.09. The zero-order chi connectivity index (χ0) is 10.4. The van der Waals surface area contributed by atoms with Crippen LogP contribution in [-0.2, 0) is 9.53 Å². The van der Waals surface area contributed by atoms with Gasteiger partial charge in [-0.3, -0.25) is 9.78 Å². The number of hydrogen-bond donors (Lipinski definition) is 0.